The molecule has 0 bridgehead atoms. The molecule has 1 aliphatic heterocycles. The Hall–Kier alpha value is -1.35. The third kappa shape index (κ3) is 2.59. The fourth-order valence-electron chi connectivity index (χ4n) is 3.52. The third-order valence-corrected chi connectivity index (χ3v) is 4.80. The van der Waals surface area contributed by atoms with Crippen LogP contribution in [0.5, 0.6) is 0 Å². The van der Waals surface area contributed by atoms with Crippen molar-refractivity contribution >= 4 is 5.91 Å². The molecule has 1 aromatic rings. The predicted molar refractivity (Wildman–Crippen MR) is 80.8 cm³/mol. The molecule has 0 N–H and O–H groups in total. The molecular weight excluding hydrogens is 248 g/mol. The van der Waals surface area contributed by atoms with Crippen LogP contribution in [0.2, 0.25) is 0 Å². The molecule has 1 atom stereocenters. The maximum absolute atomic E-state index is 12.8. The second-order valence-electron chi connectivity index (χ2n) is 5.90. The third-order valence-electron chi connectivity index (χ3n) is 4.80. The highest BCUT2D eigenvalue weighted by Gasteiger charge is 2.31. The molecule has 108 valence electrons. The smallest absolute Gasteiger partial charge is 0.230 e. The Balaban J connectivity index is 1.72. The number of piperazine rings is 1. The van der Waals surface area contributed by atoms with Crippen LogP contribution < -0.4 is 0 Å². The molecule has 1 saturated heterocycles. The largest absolute Gasteiger partial charge is 0.340 e. The zero-order valence-corrected chi connectivity index (χ0v) is 12.3. The molecule has 0 aromatic heterocycles. The van der Waals surface area contributed by atoms with Crippen molar-refractivity contribution in [3.8, 4) is 0 Å². The van der Waals surface area contributed by atoms with E-state index in [1.807, 2.05) is 0 Å². The number of rotatable bonds is 2. The highest BCUT2D eigenvalue weighted by molar-refractivity contribution is 5.84. The Labute approximate surface area is 121 Å². The van der Waals surface area contributed by atoms with Crippen molar-refractivity contribution in [1.82, 2.24) is 9.80 Å². The van der Waals surface area contributed by atoms with E-state index in [2.05, 4.69) is 41.0 Å². The normalized spacial score (nSPS) is 23.4. The van der Waals surface area contributed by atoms with E-state index in [0.29, 0.717) is 5.91 Å². The minimum Gasteiger partial charge on any atom is -0.340 e. The minimum absolute atomic E-state index is 0.105. The SMILES string of the molecule is CCN1CCN(C(=O)C2CCCc3ccccc32)CC1. The number of benzene rings is 1. The van der Waals surface area contributed by atoms with E-state index >= 15 is 0 Å². The lowest BCUT2D eigenvalue weighted by atomic mass is 9.82. The number of carbonyl (C=O) groups excluding carboxylic acids is 1. The summed E-state index contributed by atoms with van der Waals surface area (Å²) in [6.07, 6.45) is 3.29. The van der Waals surface area contributed by atoms with Crippen molar-refractivity contribution in [2.45, 2.75) is 32.1 Å². The van der Waals surface area contributed by atoms with E-state index in [1.54, 1.807) is 0 Å². The maximum atomic E-state index is 12.8. The first-order chi connectivity index (χ1) is 9.79. The van der Waals surface area contributed by atoms with Gasteiger partial charge >= 0.3 is 0 Å². The summed E-state index contributed by atoms with van der Waals surface area (Å²) < 4.78 is 0. The second-order valence-corrected chi connectivity index (χ2v) is 5.90. The van der Waals surface area contributed by atoms with Gasteiger partial charge in [0.15, 0.2) is 0 Å². The summed E-state index contributed by atoms with van der Waals surface area (Å²) in [7, 11) is 0. The molecule has 1 aromatic carbocycles. The van der Waals surface area contributed by atoms with Crippen molar-refractivity contribution in [3.05, 3.63) is 35.4 Å². The second kappa shape index (κ2) is 5.96. The predicted octanol–water partition coefficient (Wildman–Crippen LogP) is 2.27. The van der Waals surface area contributed by atoms with E-state index in [1.165, 1.54) is 11.1 Å². The Bertz CT molecular complexity index is 478. The first-order valence-corrected chi connectivity index (χ1v) is 7.88. The van der Waals surface area contributed by atoms with Gasteiger partial charge in [0.05, 0.1) is 5.92 Å². The van der Waals surface area contributed by atoms with Crippen LogP contribution in [-0.2, 0) is 11.2 Å². The average molecular weight is 272 g/mol. The van der Waals surface area contributed by atoms with Gasteiger partial charge in [-0.2, -0.15) is 0 Å². The molecule has 3 rings (SSSR count). The molecule has 20 heavy (non-hydrogen) atoms. The summed E-state index contributed by atoms with van der Waals surface area (Å²) in [5.41, 5.74) is 2.66. The van der Waals surface area contributed by atoms with Crippen LogP contribution in [0.4, 0.5) is 0 Å². The molecule has 3 heteroatoms. The highest BCUT2D eigenvalue weighted by Crippen LogP contribution is 2.33. The van der Waals surface area contributed by atoms with Gasteiger partial charge in [0, 0.05) is 26.2 Å². The molecule has 2 aliphatic rings. The fourth-order valence-corrected chi connectivity index (χ4v) is 3.52. The van der Waals surface area contributed by atoms with E-state index < -0.39 is 0 Å². The molecular formula is C17H24N2O. The van der Waals surface area contributed by atoms with Gasteiger partial charge < -0.3 is 9.80 Å². The van der Waals surface area contributed by atoms with Crippen molar-refractivity contribution < 1.29 is 4.79 Å². The maximum Gasteiger partial charge on any atom is 0.230 e. The van der Waals surface area contributed by atoms with Crippen LogP contribution in [0, 0.1) is 0 Å². The van der Waals surface area contributed by atoms with Crippen LogP contribution in [-0.4, -0.2) is 48.4 Å². The quantitative estimate of drug-likeness (QED) is 0.824. The molecule has 0 radical (unpaired) electrons. The minimum atomic E-state index is 0.105. The Morgan fingerprint density at radius 2 is 1.95 bits per heavy atom. The monoisotopic (exact) mass is 272 g/mol. The Kier molecular flexibility index (Phi) is 4.06. The standard InChI is InChI=1S/C17H24N2O/c1-2-18-10-12-19(13-11-18)17(20)16-9-5-7-14-6-3-4-8-15(14)16/h3-4,6,8,16H,2,5,7,9-13H2,1H3. The van der Waals surface area contributed by atoms with E-state index in [0.717, 1.165) is 52.0 Å². The zero-order valence-electron chi connectivity index (χ0n) is 12.3. The molecule has 1 fully saturated rings. The van der Waals surface area contributed by atoms with Crippen LogP contribution in [0.15, 0.2) is 24.3 Å². The summed E-state index contributed by atoms with van der Waals surface area (Å²) in [5.74, 6) is 0.459. The number of likely N-dealkylation sites (N-methyl/N-ethyl adjacent to an activating group) is 1. The van der Waals surface area contributed by atoms with E-state index in [-0.39, 0.29) is 5.92 Å². The Morgan fingerprint density at radius 3 is 2.70 bits per heavy atom. The molecule has 0 spiro atoms. The molecule has 1 aliphatic carbocycles. The Morgan fingerprint density at radius 1 is 1.20 bits per heavy atom. The van der Waals surface area contributed by atoms with Crippen molar-refractivity contribution in [1.29, 1.82) is 0 Å². The number of fused-ring (bicyclic) bond motifs is 1. The highest BCUT2D eigenvalue weighted by atomic mass is 16.2. The molecule has 0 saturated carbocycles. The molecule has 1 heterocycles. The van der Waals surface area contributed by atoms with Crippen LogP contribution in [0.3, 0.4) is 0 Å². The summed E-state index contributed by atoms with van der Waals surface area (Å²) in [4.78, 5) is 17.3. The van der Waals surface area contributed by atoms with Crippen LogP contribution in [0.25, 0.3) is 0 Å². The number of carbonyl (C=O) groups is 1. The fraction of sp³-hybridized carbons (Fsp3) is 0.588. The van der Waals surface area contributed by atoms with Crippen LogP contribution >= 0.6 is 0 Å². The summed E-state index contributed by atoms with van der Waals surface area (Å²) in [5, 5.41) is 0. The number of aryl methyl sites for hydroxylation is 1. The lowest BCUT2D eigenvalue weighted by Gasteiger charge is -2.37. The van der Waals surface area contributed by atoms with Gasteiger partial charge in [-0.1, -0.05) is 31.2 Å². The van der Waals surface area contributed by atoms with Crippen molar-refractivity contribution in [2.24, 2.45) is 0 Å². The van der Waals surface area contributed by atoms with Gasteiger partial charge in [0.2, 0.25) is 5.91 Å². The summed E-state index contributed by atoms with van der Waals surface area (Å²) >= 11 is 0. The van der Waals surface area contributed by atoms with Gasteiger partial charge in [-0.05, 0) is 36.9 Å². The van der Waals surface area contributed by atoms with Gasteiger partial charge in [-0.25, -0.2) is 0 Å². The first kappa shape index (κ1) is 13.6. The lowest BCUT2D eigenvalue weighted by molar-refractivity contribution is -0.134. The number of hydrogen-bond acceptors (Lipinski definition) is 2. The van der Waals surface area contributed by atoms with Crippen molar-refractivity contribution in [2.75, 3.05) is 32.7 Å². The van der Waals surface area contributed by atoms with E-state index in [4.69, 9.17) is 0 Å². The zero-order chi connectivity index (χ0) is 13.9. The molecule has 1 amide bonds. The summed E-state index contributed by atoms with van der Waals surface area (Å²) in [6, 6.07) is 8.49. The lowest BCUT2D eigenvalue weighted by Crippen LogP contribution is -2.50. The van der Waals surface area contributed by atoms with Gasteiger partial charge in [0.25, 0.3) is 0 Å². The first-order valence-electron chi connectivity index (χ1n) is 7.88. The van der Waals surface area contributed by atoms with E-state index in [9.17, 15) is 4.79 Å². The summed E-state index contributed by atoms with van der Waals surface area (Å²) in [6.45, 7) is 7.12. The topological polar surface area (TPSA) is 23.6 Å². The molecule has 1 unspecified atom stereocenters. The average Bonchev–Trinajstić information content (AvgIpc) is 2.54. The van der Waals surface area contributed by atoms with Crippen LogP contribution in [0.1, 0.15) is 36.8 Å². The number of hydrogen-bond donors (Lipinski definition) is 0. The van der Waals surface area contributed by atoms with Gasteiger partial charge in [-0.15, -0.1) is 0 Å². The van der Waals surface area contributed by atoms with Gasteiger partial charge in [0.1, 0.15) is 0 Å². The number of amides is 1. The van der Waals surface area contributed by atoms with Gasteiger partial charge in [-0.3, -0.25) is 4.79 Å². The van der Waals surface area contributed by atoms with Crippen molar-refractivity contribution in [3.63, 3.8) is 0 Å². The number of nitrogens with zero attached hydrogens (tertiary/aromatic N) is 2. The molecule has 3 nitrogen and oxygen atoms in total.